The third-order valence-corrected chi connectivity index (χ3v) is 4.52. The van der Waals surface area contributed by atoms with E-state index in [1.807, 2.05) is 25.1 Å². The highest BCUT2D eigenvalue weighted by Crippen LogP contribution is 2.28. The molecule has 1 atom stereocenters. The van der Waals surface area contributed by atoms with E-state index >= 15 is 0 Å². The molecule has 0 amide bonds. The number of piperidine rings is 1. The minimum atomic E-state index is -0.217. The number of anilines is 1. The fourth-order valence-corrected chi connectivity index (χ4v) is 3.17. The predicted molar refractivity (Wildman–Crippen MR) is 86.3 cm³/mol. The van der Waals surface area contributed by atoms with Crippen molar-refractivity contribution in [2.24, 2.45) is 11.7 Å². The van der Waals surface area contributed by atoms with Crippen LogP contribution < -0.4 is 10.6 Å². The van der Waals surface area contributed by atoms with Crippen LogP contribution in [0.5, 0.6) is 0 Å². The molecule has 0 aliphatic carbocycles. The number of fused-ring (bicyclic) bond motifs is 1. The SMILES string of the molecule is CC(O)C1CCN(c2nc3ccccc3cc2CN)CC1. The Balaban J connectivity index is 1.89. The van der Waals surface area contributed by atoms with Crippen LogP contribution in [0.25, 0.3) is 10.9 Å². The number of aliphatic hydroxyl groups is 1. The number of hydrogen-bond acceptors (Lipinski definition) is 4. The monoisotopic (exact) mass is 285 g/mol. The first kappa shape index (κ1) is 14.3. The van der Waals surface area contributed by atoms with Gasteiger partial charge in [0, 0.05) is 30.6 Å². The Morgan fingerprint density at radius 3 is 2.71 bits per heavy atom. The summed E-state index contributed by atoms with van der Waals surface area (Å²) in [5, 5.41) is 10.9. The first-order chi connectivity index (χ1) is 10.2. The van der Waals surface area contributed by atoms with Crippen LogP contribution in [0.1, 0.15) is 25.3 Å². The van der Waals surface area contributed by atoms with Crippen LogP contribution in [-0.2, 0) is 6.54 Å². The van der Waals surface area contributed by atoms with E-state index in [4.69, 9.17) is 10.7 Å². The largest absolute Gasteiger partial charge is 0.393 e. The molecule has 4 nitrogen and oxygen atoms in total. The number of para-hydroxylation sites is 1. The molecule has 21 heavy (non-hydrogen) atoms. The van der Waals surface area contributed by atoms with Crippen LogP contribution in [0.15, 0.2) is 30.3 Å². The van der Waals surface area contributed by atoms with Gasteiger partial charge in [-0.15, -0.1) is 0 Å². The lowest BCUT2D eigenvalue weighted by molar-refractivity contribution is 0.110. The smallest absolute Gasteiger partial charge is 0.133 e. The molecule has 0 bridgehead atoms. The van der Waals surface area contributed by atoms with Crippen LogP contribution in [-0.4, -0.2) is 29.3 Å². The standard InChI is InChI=1S/C17H23N3O/c1-12(21)13-6-8-20(9-7-13)17-15(11-18)10-14-4-2-3-5-16(14)19-17/h2-5,10,12-13,21H,6-9,11,18H2,1H3. The minimum absolute atomic E-state index is 0.217. The van der Waals surface area contributed by atoms with Crippen molar-refractivity contribution in [3.63, 3.8) is 0 Å². The quantitative estimate of drug-likeness (QED) is 0.908. The molecule has 1 unspecified atom stereocenters. The van der Waals surface area contributed by atoms with Crippen molar-refractivity contribution in [2.75, 3.05) is 18.0 Å². The number of hydrogen-bond donors (Lipinski definition) is 2. The summed E-state index contributed by atoms with van der Waals surface area (Å²) in [6.45, 7) is 4.27. The predicted octanol–water partition coefficient (Wildman–Crippen LogP) is 2.29. The second kappa shape index (κ2) is 6.00. The Morgan fingerprint density at radius 1 is 1.33 bits per heavy atom. The van der Waals surface area contributed by atoms with Crippen LogP contribution in [0.3, 0.4) is 0 Å². The summed E-state index contributed by atoms with van der Waals surface area (Å²) in [4.78, 5) is 7.14. The molecule has 0 radical (unpaired) electrons. The summed E-state index contributed by atoms with van der Waals surface area (Å²) in [6, 6.07) is 10.3. The fraction of sp³-hybridized carbons (Fsp3) is 0.471. The molecule has 1 aliphatic rings. The van der Waals surface area contributed by atoms with Crippen LogP contribution >= 0.6 is 0 Å². The number of aromatic nitrogens is 1. The topological polar surface area (TPSA) is 62.4 Å². The normalized spacial score (nSPS) is 18.1. The van der Waals surface area contributed by atoms with E-state index in [1.165, 1.54) is 0 Å². The van der Waals surface area contributed by atoms with Crippen LogP contribution in [0, 0.1) is 5.92 Å². The molecule has 1 aromatic heterocycles. The van der Waals surface area contributed by atoms with E-state index in [0.717, 1.165) is 48.2 Å². The third-order valence-electron chi connectivity index (χ3n) is 4.52. The van der Waals surface area contributed by atoms with Crippen molar-refractivity contribution in [3.8, 4) is 0 Å². The van der Waals surface area contributed by atoms with Gasteiger partial charge in [0.1, 0.15) is 5.82 Å². The second-order valence-corrected chi connectivity index (χ2v) is 5.93. The first-order valence-corrected chi connectivity index (χ1v) is 7.71. The second-order valence-electron chi connectivity index (χ2n) is 5.93. The van der Waals surface area contributed by atoms with E-state index in [2.05, 4.69) is 17.0 Å². The maximum Gasteiger partial charge on any atom is 0.133 e. The number of benzene rings is 1. The summed E-state index contributed by atoms with van der Waals surface area (Å²) < 4.78 is 0. The summed E-state index contributed by atoms with van der Waals surface area (Å²) >= 11 is 0. The zero-order valence-corrected chi connectivity index (χ0v) is 12.5. The molecule has 0 spiro atoms. The molecule has 1 aromatic carbocycles. The number of aliphatic hydroxyl groups excluding tert-OH is 1. The molecule has 4 heteroatoms. The van der Waals surface area contributed by atoms with Gasteiger partial charge in [-0.05, 0) is 37.8 Å². The van der Waals surface area contributed by atoms with E-state index < -0.39 is 0 Å². The van der Waals surface area contributed by atoms with Gasteiger partial charge in [0.25, 0.3) is 0 Å². The van der Waals surface area contributed by atoms with Gasteiger partial charge in [0.05, 0.1) is 11.6 Å². The number of nitrogens with zero attached hydrogens (tertiary/aromatic N) is 2. The highest BCUT2D eigenvalue weighted by atomic mass is 16.3. The zero-order valence-electron chi connectivity index (χ0n) is 12.5. The van der Waals surface area contributed by atoms with Gasteiger partial charge in [-0.3, -0.25) is 0 Å². The molecule has 1 aliphatic heterocycles. The lowest BCUT2D eigenvalue weighted by atomic mass is 9.92. The van der Waals surface area contributed by atoms with E-state index in [0.29, 0.717) is 12.5 Å². The lowest BCUT2D eigenvalue weighted by Gasteiger charge is -2.35. The number of pyridine rings is 1. The Hall–Kier alpha value is -1.65. The zero-order chi connectivity index (χ0) is 14.8. The van der Waals surface area contributed by atoms with E-state index in [-0.39, 0.29) is 6.10 Å². The average molecular weight is 285 g/mol. The summed E-state index contributed by atoms with van der Waals surface area (Å²) in [5.41, 5.74) is 8.03. The van der Waals surface area contributed by atoms with Gasteiger partial charge in [-0.2, -0.15) is 0 Å². The summed E-state index contributed by atoms with van der Waals surface area (Å²) in [7, 11) is 0. The van der Waals surface area contributed by atoms with E-state index in [9.17, 15) is 5.11 Å². The van der Waals surface area contributed by atoms with E-state index in [1.54, 1.807) is 0 Å². The molecule has 2 heterocycles. The highest BCUT2D eigenvalue weighted by Gasteiger charge is 2.24. The van der Waals surface area contributed by atoms with Gasteiger partial charge in [-0.1, -0.05) is 18.2 Å². The van der Waals surface area contributed by atoms with Crippen molar-refractivity contribution in [1.29, 1.82) is 0 Å². The third kappa shape index (κ3) is 2.87. The van der Waals surface area contributed by atoms with Crippen molar-refractivity contribution in [1.82, 2.24) is 4.98 Å². The molecular formula is C17H23N3O. The Morgan fingerprint density at radius 2 is 2.05 bits per heavy atom. The van der Waals surface area contributed by atoms with Crippen LogP contribution in [0.4, 0.5) is 5.82 Å². The average Bonchev–Trinajstić information content (AvgIpc) is 2.53. The van der Waals surface area contributed by atoms with Crippen molar-refractivity contribution >= 4 is 16.7 Å². The molecule has 2 aromatic rings. The summed E-state index contributed by atoms with van der Waals surface area (Å²) in [5.74, 6) is 1.42. The molecule has 1 fully saturated rings. The molecular weight excluding hydrogens is 262 g/mol. The van der Waals surface area contributed by atoms with Gasteiger partial charge >= 0.3 is 0 Å². The lowest BCUT2D eigenvalue weighted by Crippen LogP contribution is -2.38. The number of rotatable bonds is 3. The Labute approximate surface area is 125 Å². The van der Waals surface area contributed by atoms with Gasteiger partial charge < -0.3 is 15.7 Å². The first-order valence-electron chi connectivity index (χ1n) is 7.71. The summed E-state index contributed by atoms with van der Waals surface area (Å²) in [6.07, 6.45) is 1.80. The maximum absolute atomic E-state index is 9.72. The molecule has 1 saturated heterocycles. The van der Waals surface area contributed by atoms with Crippen molar-refractivity contribution in [3.05, 3.63) is 35.9 Å². The van der Waals surface area contributed by atoms with Crippen LogP contribution in [0.2, 0.25) is 0 Å². The minimum Gasteiger partial charge on any atom is -0.393 e. The molecule has 112 valence electrons. The van der Waals surface area contributed by atoms with Gasteiger partial charge in [-0.25, -0.2) is 4.98 Å². The Kier molecular flexibility index (Phi) is 4.08. The Bertz CT molecular complexity index is 618. The highest BCUT2D eigenvalue weighted by molar-refractivity contribution is 5.81. The fourth-order valence-electron chi connectivity index (χ4n) is 3.17. The van der Waals surface area contributed by atoms with Crippen molar-refractivity contribution in [2.45, 2.75) is 32.4 Å². The molecule has 0 saturated carbocycles. The van der Waals surface area contributed by atoms with Crippen molar-refractivity contribution < 1.29 is 5.11 Å². The van der Waals surface area contributed by atoms with Gasteiger partial charge in [0.2, 0.25) is 0 Å². The van der Waals surface area contributed by atoms with Gasteiger partial charge in [0.15, 0.2) is 0 Å². The molecule has 3 rings (SSSR count). The maximum atomic E-state index is 9.72. The molecule has 3 N–H and O–H groups in total. The number of nitrogens with two attached hydrogens (primary N) is 1.